The minimum Gasteiger partial charge on any atom is -0.451 e. The van der Waals surface area contributed by atoms with Crippen LogP contribution in [0.4, 0.5) is 0 Å². The highest BCUT2D eigenvalue weighted by Crippen LogP contribution is 2.23. The summed E-state index contributed by atoms with van der Waals surface area (Å²) < 4.78 is 38.6. The molecule has 0 aromatic carbocycles. The van der Waals surface area contributed by atoms with Crippen molar-refractivity contribution >= 4 is 16.0 Å². The lowest BCUT2D eigenvalue weighted by molar-refractivity contribution is 0.0425. The maximum absolute atomic E-state index is 12.6. The van der Waals surface area contributed by atoms with Gasteiger partial charge in [-0.2, -0.15) is 4.31 Å². The first-order valence-corrected chi connectivity index (χ1v) is 9.49. The number of ether oxygens (including phenoxy) is 1. The third-order valence-corrected chi connectivity index (χ3v) is 6.16. The number of carbonyl (C=O) groups excluding carboxylic acids is 1. The quantitative estimate of drug-likeness (QED) is 0.748. The van der Waals surface area contributed by atoms with Crippen LogP contribution in [0.15, 0.2) is 21.6 Å². The van der Waals surface area contributed by atoms with Gasteiger partial charge in [0.15, 0.2) is 6.61 Å². The van der Waals surface area contributed by atoms with Gasteiger partial charge < -0.3 is 13.7 Å². The van der Waals surface area contributed by atoms with Crippen molar-refractivity contribution in [2.75, 3.05) is 13.1 Å². The lowest BCUT2D eigenvalue weighted by Gasteiger charge is -2.13. The summed E-state index contributed by atoms with van der Waals surface area (Å²) in [4.78, 5) is 16.5. The molecule has 0 bridgehead atoms. The van der Waals surface area contributed by atoms with Gasteiger partial charge in [0, 0.05) is 26.3 Å². The van der Waals surface area contributed by atoms with Gasteiger partial charge in [0.05, 0.1) is 5.69 Å². The SMILES string of the molecule is Cc1nc(COC(=O)c2cc(S(=O)(=O)N3CCCC3)cn2C)oc1C. The molecule has 1 aliphatic heterocycles. The van der Waals surface area contributed by atoms with Gasteiger partial charge in [0.25, 0.3) is 0 Å². The second-order valence-electron chi connectivity index (χ2n) is 6.11. The third-order valence-electron chi connectivity index (χ3n) is 4.29. The van der Waals surface area contributed by atoms with Crippen LogP contribution >= 0.6 is 0 Å². The normalized spacial score (nSPS) is 15.6. The number of nitrogens with zero attached hydrogens (tertiary/aromatic N) is 3. The number of sulfonamides is 1. The smallest absolute Gasteiger partial charge is 0.355 e. The van der Waals surface area contributed by atoms with E-state index in [4.69, 9.17) is 9.15 Å². The number of oxazole rings is 1. The molecule has 9 heteroatoms. The van der Waals surface area contributed by atoms with E-state index in [1.807, 2.05) is 0 Å². The average Bonchev–Trinajstić information content (AvgIpc) is 3.27. The van der Waals surface area contributed by atoms with E-state index in [0.717, 1.165) is 18.5 Å². The first-order valence-electron chi connectivity index (χ1n) is 8.05. The molecule has 2 aromatic heterocycles. The van der Waals surface area contributed by atoms with Gasteiger partial charge in [0.2, 0.25) is 15.9 Å². The van der Waals surface area contributed by atoms with Gasteiger partial charge in [-0.05, 0) is 32.8 Å². The van der Waals surface area contributed by atoms with Gasteiger partial charge in [-0.15, -0.1) is 0 Å². The Hall–Kier alpha value is -2.13. The molecule has 1 aliphatic rings. The highest BCUT2D eigenvalue weighted by atomic mass is 32.2. The first-order chi connectivity index (χ1) is 11.8. The number of aromatic nitrogens is 2. The van der Waals surface area contributed by atoms with Crippen molar-refractivity contribution in [1.82, 2.24) is 13.9 Å². The van der Waals surface area contributed by atoms with Gasteiger partial charge in [0.1, 0.15) is 16.3 Å². The van der Waals surface area contributed by atoms with Crippen LogP contribution in [-0.2, 0) is 28.4 Å². The zero-order valence-corrected chi connectivity index (χ0v) is 15.3. The van der Waals surface area contributed by atoms with Crippen molar-refractivity contribution in [3.63, 3.8) is 0 Å². The second-order valence-corrected chi connectivity index (χ2v) is 8.05. The largest absolute Gasteiger partial charge is 0.451 e. The summed E-state index contributed by atoms with van der Waals surface area (Å²) in [6, 6.07) is 1.35. The number of hydrogen-bond donors (Lipinski definition) is 0. The fourth-order valence-corrected chi connectivity index (χ4v) is 4.35. The molecule has 136 valence electrons. The minimum atomic E-state index is -3.57. The van der Waals surface area contributed by atoms with Crippen LogP contribution in [0.1, 0.15) is 40.7 Å². The molecule has 8 nitrogen and oxygen atoms in total. The summed E-state index contributed by atoms with van der Waals surface area (Å²) in [6.45, 7) is 4.50. The Morgan fingerprint density at radius 2 is 2.00 bits per heavy atom. The summed E-state index contributed by atoms with van der Waals surface area (Å²) in [5, 5.41) is 0. The molecule has 0 N–H and O–H groups in total. The zero-order valence-electron chi connectivity index (χ0n) is 14.5. The van der Waals surface area contributed by atoms with Crippen molar-refractivity contribution in [3.05, 3.63) is 35.3 Å². The molecule has 3 heterocycles. The molecule has 1 saturated heterocycles. The Morgan fingerprint density at radius 3 is 2.60 bits per heavy atom. The summed E-state index contributed by atoms with van der Waals surface area (Å²) in [5.74, 6) is 0.352. The van der Waals surface area contributed by atoms with Crippen LogP contribution in [-0.4, -0.2) is 41.3 Å². The van der Waals surface area contributed by atoms with Crippen molar-refractivity contribution in [3.8, 4) is 0 Å². The Kier molecular flexibility index (Phi) is 4.70. The molecule has 3 rings (SSSR count). The summed E-state index contributed by atoms with van der Waals surface area (Å²) in [5.41, 5.74) is 0.904. The van der Waals surface area contributed by atoms with Gasteiger partial charge >= 0.3 is 5.97 Å². The van der Waals surface area contributed by atoms with E-state index in [2.05, 4.69) is 4.98 Å². The van der Waals surface area contributed by atoms with Crippen molar-refractivity contribution in [1.29, 1.82) is 0 Å². The van der Waals surface area contributed by atoms with E-state index in [-0.39, 0.29) is 17.2 Å². The molecule has 2 aromatic rings. The molecule has 0 radical (unpaired) electrons. The Morgan fingerprint density at radius 1 is 1.32 bits per heavy atom. The zero-order chi connectivity index (χ0) is 18.2. The van der Waals surface area contributed by atoms with Crippen molar-refractivity contribution < 1.29 is 22.4 Å². The standard InChI is InChI=1S/C16H21N3O5S/c1-11-12(2)24-15(17-11)10-23-16(20)14-8-13(9-18(14)3)25(21,22)19-6-4-5-7-19/h8-9H,4-7,10H2,1-3H3. The van der Waals surface area contributed by atoms with Crippen LogP contribution in [0.5, 0.6) is 0 Å². The number of hydrogen-bond acceptors (Lipinski definition) is 6. The van der Waals surface area contributed by atoms with Crippen molar-refractivity contribution in [2.24, 2.45) is 7.05 Å². The topological polar surface area (TPSA) is 94.6 Å². The van der Waals surface area contributed by atoms with Crippen molar-refractivity contribution in [2.45, 2.75) is 38.2 Å². The number of aryl methyl sites for hydroxylation is 3. The molecule has 0 aliphatic carbocycles. The first kappa shape index (κ1) is 17.7. The van der Waals surface area contributed by atoms with E-state index < -0.39 is 16.0 Å². The lowest BCUT2D eigenvalue weighted by Crippen LogP contribution is -2.27. The molecule has 0 spiro atoms. The van der Waals surface area contributed by atoms with E-state index in [9.17, 15) is 13.2 Å². The molecule has 1 fully saturated rings. The molecule has 25 heavy (non-hydrogen) atoms. The fourth-order valence-electron chi connectivity index (χ4n) is 2.76. The van der Waals surface area contributed by atoms with E-state index in [1.54, 1.807) is 20.9 Å². The third kappa shape index (κ3) is 3.47. The minimum absolute atomic E-state index is 0.103. The number of carbonyl (C=O) groups is 1. The maximum atomic E-state index is 12.6. The van der Waals surface area contributed by atoms with E-state index in [1.165, 1.54) is 21.1 Å². The Balaban J connectivity index is 1.74. The van der Waals surface area contributed by atoms with Crippen LogP contribution in [0.25, 0.3) is 0 Å². The van der Waals surface area contributed by atoms with E-state index >= 15 is 0 Å². The average molecular weight is 367 g/mol. The lowest BCUT2D eigenvalue weighted by atomic mass is 10.4. The molecule has 0 amide bonds. The van der Waals surface area contributed by atoms with E-state index in [0.29, 0.717) is 24.7 Å². The van der Waals surface area contributed by atoms with Crippen LogP contribution in [0.2, 0.25) is 0 Å². The van der Waals surface area contributed by atoms with Crippen LogP contribution in [0.3, 0.4) is 0 Å². The van der Waals surface area contributed by atoms with Crippen LogP contribution < -0.4 is 0 Å². The van der Waals surface area contributed by atoms with Crippen LogP contribution in [0, 0.1) is 13.8 Å². The molecule has 0 unspecified atom stereocenters. The predicted octanol–water partition coefficient (Wildman–Crippen LogP) is 1.77. The molecule has 0 atom stereocenters. The molecule has 0 saturated carbocycles. The Labute approximate surface area is 146 Å². The van der Waals surface area contributed by atoms with Gasteiger partial charge in [-0.25, -0.2) is 18.2 Å². The number of rotatable bonds is 5. The number of esters is 1. The second kappa shape index (κ2) is 6.64. The van der Waals surface area contributed by atoms with Gasteiger partial charge in [-0.3, -0.25) is 0 Å². The summed E-state index contributed by atoms with van der Waals surface area (Å²) in [6.07, 6.45) is 3.15. The monoisotopic (exact) mass is 367 g/mol. The maximum Gasteiger partial charge on any atom is 0.355 e. The predicted molar refractivity (Wildman–Crippen MR) is 88.5 cm³/mol. The highest BCUT2D eigenvalue weighted by molar-refractivity contribution is 7.89. The Bertz CT molecular complexity index is 872. The molecular weight excluding hydrogens is 346 g/mol. The summed E-state index contributed by atoms with van der Waals surface area (Å²) >= 11 is 0. The molecular formula is C16H21N3O5S. The fraction of sp³-hybridized carbons (Fsp3) is 0.500. The summed E-state index contributed by atoms with van der Waals surface area (Å²) in [7, 11) is -1.96. The van der Waals surface area contributed by atoms with Gasteiger partial charge in [-0.1, -0.05) is 0 Å². The highest BCUT2D eigenvalue weighted by Gasteiger charge is 2.29.